The minimum atomic E-state index is -5.08. The Morgan fingerprint density at radius 2 is 1.83 bits per heavy atom. The molecule has 0 heterocycles. The number of nitrogens with one attached hydrogen (secondary N) is 2. The lowest BCUT2D eigenvalue weighted by Gasteiger charge is -2.14. The van der Waals surface area contributed by atoms with Crippen molar-refractivity contribution in [3.63, 3.8) is 0 Å². The predicted molar refractivity (Wildman–Crippen MR) is 124 cm³/mol. The van der Waals surface area contributed by atoms with E-state index < -0.39 is 31.3 Å². The normalized spacial score (nSPS) is 11.4. The van der Waals surface area contributed by atoms with E-state index in [9.17, 15) is 32.1 Å². The number of benzene rings is 3. The average molecular weight is 504 g/mol. The first-order valence-electron chi connectivity index (χ1n) is 9.77. The first-order chi connectivity index (χ1) is 16.6. The van der Waals surface area contributed by atoms with Gasteiger partial charge in [0, 0.05) is 28.9 Å². The molecule has 35 heavy (non-hydrogen) atoms. The molecular formula is C22H18F2N4O6S. The van der Waals surface area contributed by atoms with Crippen molar-refractivity contribution in [1.82, 2.24) is 5.43 Å². The van der Waals surface area contributed by atoms with Crippen LogP contribution in [0.5, 0.6) is 5.75 Å². The van der Waals surface area contributed by atoms with Gasteiger partial charge in [0.2, 0.25) is 9.84 Å². The molecule has 1 amide bonds. The highest BCUT2D eigenvalue weighted by Gasteiger charge is 2.30. The lowest BCUT2D eigenvalue weighted by Crippen LogP contribution is -2.19. The zero-order valence-corrected chi connectivity index (χ0v) is 18.8. The van der Waals surface area contributed by atoms with Crippen molar-refractivity contribution >= 4 is 39.0 Å². The molecule has 0 atom stereocenters. The zero-order valence-electron chi connectivity index (χ0n) is 18.0. The van der Waals surface area contributed by atoms with Gasteiger partial charge in [0.15, 0.2) is 0 Å². The van der Waals surface area contributed by atoms with Gasteiger partial charge >= 0.3 is 5.76 Å². The Morgan fingerprint density at radius 3 is 2.46 bits per heavy atom. The second kappa shape index (κ2) is 10.7. The number of ether oxygens (including phenoxy) is 1. The molecule has 0 bridgehead atoms. The lowest BCUT2D eigenvalue weighted by atomic mass is 10.2. The summed E-state index contributed by atoms with van der Waals surface area (Å²) in [6.07, 6.45) is 1.14. The highest BCUT2D eigenvalue weighted by Crippen LogP contribution is 2.30. The van der Waals surface area contributed by atoms with Crippen LogP contribution in [0.15, 0.2) is 76.7 Å². The first kappa shape index (κ1) is 25.2. The Bertz CT molecular complexity index is 1380. The maximum atomic E-state index is 13.3. The van der Waals surface area contributed by atoms with Gasteiger partial charge in [0.1, 0.15) is 5.75 Å². The summed E-state index contributed by atoms with van der Waals surface area (Å²) >= 11 is 0. The van der Waals surface area contributed by atoms with Gasteiger partial charge in [0.05, 0.1) is 28.8 Å². The van der Waals surface area contributed by atoms with Crippen LogP contribution >= 0.6 is 0 Å². The van der Waals surface area contributed by atoms with Gasteiger partial charge in [-0.15, -0.1) is 0 Å². The summed E-state index contributed by atoms with van der Waals surface area (Å²) in [5.74, 6) is -4.06. The molecule has 0 saturated carbocycles. The molecule has 3 aromatic carbocycles. The SMILES string of the molecule is COc1ccc(Nc2ccc(C(=O)N/N=C\c3cccc([N+](=O)[O-])c3)cc2S(=O)(=O)C(F)F)cc1. The van der Waals surface area contributed by atoms with Gasteiger partial charge in [-0.1, -0.05) is 12.1 Å². The second-order valence-electron chi connectivity index (χ2n) is 6.92. The van der Waals surface area contributed by atoms with E-state index >= 15 is 0 Å². The number of rotatable bonds is 9. The van der Waals surface area contributed by atoms with Crippen molar-refractivity contribution in [3.8, 4) is 5.75 Å². The van der Waals surface area contributed by atoms with Crippen LogP contribution < -0.4 is 15.5 Å². The predicted octanol–water partition coefficient (Wildman–Crippen LogP) is 4.11. The van der Waals surface area contributed by atoms with Gasteiger partial charge in [0.25, 0.3) is 11.6 Å². The number of hydrogen-bond acceptors (Lipinski definition) is 8. The molecule has 0 aliphatic carbocycles. The number of nitro groups is 1. The second-order valence-corrected chi connectivity index (χ2v) is 8.81. The molecular weight excluding hydrogens is 486 g/mol. The monoisotopic (exact) mass is 504 g/mol. The van der Waals surface area contributed by atoms with Crippen molar-refractivity contribution in [3.05, 3.63) is 88.0 Å². The lowest BCUT2D eigenvalue weighted by molar-refractivity contribution is -0.384. The summed E-state index contributed by atoms with van der Waals surface area (Å²) in [7, 11) is -3.61. The molecule has 0 unspecified atom stereocenters. The van der Waals surface area contributed by atoms with Gasteiger partial charge < -0.3 is 10.1 Å². The number of halogens is 2. The molecule has 10 nitrogen and oxygen atoms in total. The molecule has 3 aromatic rings. The third-order valence-electron chi connectivity index (χ3n) is 4.61. The molecule has 0 spiro atoms. The highest BCUT2D eigenvalue weighted by atomic mass is 32.2. The Kier molecular flexibility index (Phi) is 7.71. The summed E-state index contributed by atoms with van der Waals surface area (Å²) in [5, 5.41) is 17.3. The number of amides is 1. The largest absolute Gasteiger partial charge is 0.497 e. The Hall–Kier alpha value is -4.39. The number of non-ortho nitro benzene ring substituents is 1. The number of nitrogens with zero attached hydrogens (tertiary/aromatic N) is 2. The van der Waals surface area contributed by atoms with Crippen LogP contribution in [0.25, 0.3) is 0 Å². The molecule has 3 rings (SSSR count). The minimum Gasteiger partial charge on any atom is -0.497 e. The molecule has 0 aliphatic rings. The van der Waals surface area contributed by atoms with E-state index in [1.807, 2.05) is 0 Å². The van der Waals surface area contributed by atoms with Crippen molar-refractivity contribution in [2.24, 2.45) is 5.10 Å². The van der Waals surface area contributed by atoms with Crippen LogP contribution in [-0.4, -0.2) is 38.3 Å². The van der Waals surface area contributed by atoms with Crippen LogP contribution in [0.3, 0.4) is 0 Å². The Labute approximate surface area is 198 Å². The summed E-state index contributed by atoms with van der Waals surface area (Å²) in [6.45, 7) is 0. The number of carbonyl (C=O) groups excluding carboxylic acids is 1. The first-order valence-corrected chi connectivity index (χ1v) is 11.3. The summed E-state index contributed by atoms with van der Waals surface area (Å²) < 4.78 is 56.2. The number of hydrogen-bond donors (Lipinski definition) is 2. The van der Waals surface area contributed by atoms with Gasteiger partial charge in [-0.05, 0) is 42.5 Å². The summed E-state index contributed by atoms with van der Waals surface area (Å²) in [5.41, 5.74) is 2.26. The van der Waals surface area contributed by atoms with Gasteiger partial charge in [-0.25, -0.2) is 13.8 Å². The van der Waals surface area contributed by atoms with E-state index in [0.29, 0.717) is 17.0 Å². The zero-order chi connectivity index (χ0) is 25.6. The summed E-state index contributed by atoms with van der Waals surface area (Å²) in [6, 6.07) is 15.0. The molecule has 0 aliphatic heterocycles. The number of nitro benzene ring substituents is 1. The van der Waals surface area contributed by atoms with E-state index in [1.165, 1.54) is 43.5 Å². The number of anilines is 2. The van der Waals surface area contributed by atoms with Crippen molar-refractivity contribution in [2.75, 3.05) is 12.4 Å². The van der Waals surface area contributed by atoms with E-state index in [1.54, 1.807) is 24.3 Å². The van der Waals surface area contributed by atoms with E-state index in [0.717, 1.165) is 12.3 Å². The molecule has 0 saturated heterocycles. The van der Waals surface area contributed by atoms with Gasteiger partial charge in [-0.3, -0.25) is 14.9 Å². The standard InChI is InChI=1S/C22H18F2N4O6S/c1-34-18-8-6-16(7-9-18)26-19-10-5-15(12-20(19)35(32,33)22(23)24)21(29)27-25-13-14-3-2-4-17(11-14)28(30)31/h2-13,22,26H,1H3,(H,27,29)/b25-13-. The van der Waals surface area contributed by atoms with Crippen molar-refractivity contribution in [1.29, 1.82) is 0 Å². The van der Waals surface area contributed by atoms with Crippen LogP contribution in [-0.2, 0) is 9.84 Å². The molecule has 0 aromatic heterocycles. The minimum absolute atomic E-state index is 0.160. The Balaban J connectivity index is 1.86. The molecule has 2 N–H and O–H groups in total. The molecule has 182 valence electrons. The van der Waals surface area contributed by atoms with Crippen LogP contribution in [0.4, 0.5) is 25.8 Å². The fourth-order valence-electron chi connectivity index (χ4n) is 2.88. The van der Waals surface area contributed by atoms with Crippen molar-refractivity contribution < 1.29 is 31.7 Å². The van der Waals surface area contributed by atoms with E-state index in [2.05, 4.69) is 15.8 Å². The van der Waals surface area contributed by atoms with E-state index in [-0.39, 0.29) is 16.9 Å². The number of alkyl halides is 2. The molecule has 13 heteroatoms. The molecule has 0 fully saturated rings. The fraction of sp³-hybridized carbons (Fsp3) is 0.0909. The fourth-order valence-corrected chi connectivity index (χ4v) is 3.79. The average Bonchev–Trinajstić information content (AvgIpc) is 2.84. The van der Waals surface area contributed by atoms with Crippen LogP contribution in [0, 0.1) is 10.1 Å². The topological polar surface area (TPSA) is 140 Å². The number of methoxy groups -OCH3 is 1. The third-order valence-corrected chi connectivity index (χ3v) is 6.03. The van der Waals surface area contributed by atoms with Crippen LogP contribution in [0.1, 0.15) is 15.9 Å². The smallest absolute Gasteiger partial charge is 0.341 e. The van der Waals surface area contributed by atoms with Crippen molar-refractivity contribution in [2.45, 2.75) is 10.7 Å². The quantitative estimate of drug-likeness (QED) is 0.254. The molecule has 0 radical (unpaired) electrons. The summed E-state index contributed by atoms with van der Waals surface area (Å²) in [4.78, 5) is 21.9. The number of carbonyl (C=O) groups is 1. The third kappa shape index (κ3) is 6.14. The van der Waals surface area contributed by atoms with Gasteiger partial charge in [-0.2, -0.15) is 13.9 Å². The van der Waals surface area contributed by atoms with Crippen LogP contribution in [0.2, 0.25) is 0 Å². The number of hydrazone groups is 1. The maximum Gasteiger partial charge on any atom is 0.341 e. The Morgan fingerprint density at radius 1 is 1.11 bits per heavy atom. The number of sulfone groups is 1. The highest BCUT2D eigenvalue weighted by molar-refractivity contribution is 7.91. The maximum absolute atomic E-state index is 13.3. The van der Waals surface area contributed by atoms with E-state index in [4.69, 9.17) is 4.74 Å².